The Kier molecular flexibility index (Phi) is 8.53. The first kappa shape index (κ1) is 25.4. The van der Waals surface area contributed by atoms with Crippen LogP contribution in [0.25, 0.3) is 0 Å². The Balaban J connectivity index is 1.87. The van der Waals surface area contributed by atoms with Crippen molar-refractivity contribution in [3.63, 3.8) is 0 Å². The first-order chi connectivity index (χ1) is 15.5. The molecule has 0 aliphatic rings. The molecule has 0 aliphatic heterocycles. The van der Waals surface area contributed by atoms with Gasteiger partial charge in [0.25, 0.3) is 5.91 Å². The predicted molar refractivity (Wildman–Crippen MR) is 121 cm³/mol. The summed E-state index contributed by atoms with van der Waals surface area (Å²) in [4.78, 5) is 48.2. The number of aliphatic carboxylic acids is 1. The number of amides is 3. The summed E-state index contributed by atoms with van der Waals surface area (Å²) in [7, 11) is 0. The molecule has 2 aromatic rings. The highest BCUT2D eigenvalue weighted by molar-refractivity contribution is 7.14. The van der Waals surface area contributed by atoms with Crippen molar-refractivity contribution in [2.75, 3.05) is 11.9 Å². The third-order valence-corrected chi connectivity index (χ3v) is 5.00. The maximum absolute atomic E-state index is 12.1. The van der Waals surface area contributed by atoms with Gasteiger partial charge in [-0.25, -0.2) is 9.59 Å². The van der Waals surface area contributed by atoms with Crippen molar-refractivity contribution >= 4 is 40.9 Å². The van der Waals surface area contributed by atoms with Crippen molar-refractivity contribution < 1.29 is 29.0 Å². The van der Waals surface area contributed by atoms with E-state index >= 15 is 0 Å². The van der Waals surface area contributed by atoms with Crippen molar-refractivity contribution in [1.29, 1.82) is 5.26 Å². The Bertz CT molecular complexity index is 1070. The molecule has 0 spiro atoms. The number of carbonyl (C=O) groups is 4. The molecule has 174 valence electrons. The molecule has 3 amide bonds. The van der Waals surface area contributed by atoms with Crippen LogP contribution in [0.1, 0.15) is 40.9 Å². The molecule has 4 N–H and O–H groups in total. The summed E-state index contributed by atoms with van der Waals surface area (Å²) < 4.78 is 5.09. The number of anilines is 1. The molecule has 0 unspecified atom stereocenters. The number of alkyl carbamates (subject to hydrolysis) is 1. The third kappa shape index (κ3) is 8.62. The Morgan fingerprint density at radius 1 is 1.12 bits per heavy atom. The molecule has 0 saturated heterocycles. The van der Waals surface area contributed by atoms with Gasteiger partial charge in [-0.1, -0.05) is 12.1 Å². The molecule has 0 aliphatic carbocycles. The van der Waals surface area contributed by atoms with Crippen LogP contribution < -0.4 is 16.0 Å². The number of thiophene rings is 1. The maximum atomic E-state index is 12.1. The van der Waals surface area contributed by atoms with E-state index in [1.165, 1.54) is 12.1 Å². The lowest BCUT2D eigenvalue weighted by Crippen LogP contribution is -2.44. The average Bonchev–Trinajstić information content (AvgIpc) is 3.21. The monoisotopic (exact) mass is 472 g/mol. The molecule has 2 rings (SSSR count). The van der Waals surface area contributed by atoms with Crippen LogP contribution in [0.3, 0.4) is 0 Å². The van der Waals surface area contributed by atoms with Crippen molar-refractivity contribution in [2.45, 2.75) is 38.8 Å². The van der Waals surface area contributed by atoms with E-state index in [1.807, 2.05) is 6.07 Å². The zero-order valence-corrected chi connectivity index (χ0v) is 19.1. The predicted octanol–water partition coefficient (Wildman–Crippen LogP) is 2.51. The van der Waals surface area contributed by atoms with Gasteiger partial charge in [-0.05, 0) is 50.6 Å². The molecule has 33 heavy (non-hydrogen) atoms. The van der Waals surface area contributed by atoms with Gasteiger partial charge >= 0.3 is 12.1 Å². The smallest absolute Gasteiger partial charge is 0.408 e. The number of rotatable bonds is 8. The lowest BCUT2D eigenvalue weighted by Gasteiger charge is -2.22. The summed E-state index contributed by atoms with van der Waals surface area (Å²) in [6, 6.07) is 10.2. The largest absolute Gasteiger partial charge is 0.480 e. The number of carbonyl (C=O) groups excluding carboxylic acids is 3. The lowest BCUT2D eigenvalue weighted by atomic mass is 10.1. The third-order valence-electron chi connectivity index (χ3n) is 4.02. The average molecular weight is 473 g/mol. The van der Waals surface area contributed by atoms with E-state index in [4.69, 9.17) is 10.00 Å². The van der Waals surface area contributed by atoms with Gasteiger partial charge in [0.15, 0.2) is 0 Å². The van der Waals surface area contributed by atoms with Crippen molar-refractivity contribution in [1.82, 2.24) is 10.6 Å². The second-order valence-electron chi connectivity index (χ2n) is 7.94. The summed E-state index contributed by atoms with van der Waals surface area (Å²) >= 11 is 1.03. The van der Waals surface area contributed by atoms with Gasteiger partial charge in [-0.15, -0.1) is 11.3 Å². The second kappa shape index (κ2) is 11.1. The fraction of sp³-hybridized carbons (Fsp3) is 0.318. The molecule has 0 saturated carbocycles. The quantitative estimate of drug-likeness (QED) is 0.459. The highest BCUT2D eigenvalue weighted by atomic mass is 32.1. The van der Waals surface area contributed by atoms with E-state index in [0.717, 1.165) is 11.3 Å². The molecule has 1 heterocycles. The number of carboxylic acid groups (broad SMARTS) is 1. The normalized spacial score (nSPS) is 11.6. The molecule has 10 nitrogen and oxygen atoms in total. The molecule has 0 fully saturated rings. The van der Waals surface area contributed by atoms with Crippen LogP contribution in [-0.4, -0.2) is 47.2 Å². The van der Waals surface area contributed by atoms with Gasteiger partial charge in [-0.3, -0.25) is 9.59 Å². The summed E-state index contributed by atoms with van der Waals surface area (Å²) in [5.74, 6) is -2.12. The number of nitrogens with zero attached hydrogens (tertiary/aromatic N) is 1. The van der Waals surface area contributed by atoms with E-state index < -0.39 is 35.5 Å². The van der Waals surface area contributed by atoms with E-state index in [9.17, 15) is 24.3 Å². The number of carboxylic acids is 1. The zero-order chi connectivity index (χ0) is 24.6. The van der Waals surface area contributed by atoms with Gasteiger partial charge in [0.05, 0.1) is 11.4 Å². The van der Waals surface area contributed by atoms with Gasteiger partial charge in [0.1, 0.15) is 22.6 Å². The van der Waals surface area contributed by atoms with E-state index in [2.05, 4.69) is 16.0 Å². The number of hydrogen-bond donors (Lipinski definition) is 4. The van der Waals surface area contributed by atoms with Crippen LogP contribution in [0.15, 0.2) is 36.4 Å². The Labute approximate surface area is 194 Å². The fourth-order valence-electron chi connectivity index (χ4n) is 2.58. The standard InChI is InChI=1S/C22H24N4O6S/c1-22(2,3)32-21(31)26-16(20(29)30)10-13-4-6-14(7-5-13)25-18(27)12-24-19(28)17-9-8-15(11-23)33-17/h4-9,16H,10,12H2,1-3H3,(H,24,28)(H,25,27)(H,26,31)(H,29,30)/t16-/m0/s1. The molecule has 11 heteroatoms. The zero-order valence-electron chi connectivity index (χ0n) is 18.3. The van der Waals surface area contributed by atoms with Gasteiger partial charge in [0, 0.05) is 12.1 Å². The van der Waals surface area contributed by atoms with Crippen LogP contribution >= 0.6 is 11.3 Å². The highest BCUT2D eigenvalue weighted by Crippen LogP contribution is 2.15. The summed E-state index contributed by atoms with van der Waals surface area (Å²) in [6.45, 7) is 4.76. The minimum absolute atomic E-state index is 0.0182. The van der Waals surface area contributed by atoms with E-state index in [0.29, 0.717) is 21.0 Å². The highest BCUT2D eigenvalue weighted by Gasteiger charge is 2.24. The summed E-state index contributed by atoms with van der Waals surface area (Å²) in [5.41, 5.74) is 0.319. The SMILES string of the molecule is CC(C)(C)OC(=O)N[C@@H](Cc1ccc(NC(=O)CNC(=O)c2ccc(C#N)s2)cc1)C(=O)O. The summed E-state index contributed by atoms with van der Waals surface area (Å²) in [5, 5.41) is 25.6. The molecule has 1 atom stereocenters. The number of hydrogen-bond acceptors (Lipinski definition) is 7. The number of ether oxygens (including phenoxy) is 1. The van der Waals surface area contributed by atoms with E-state index in [-0.39, 0.29) is 13.0 Å². The van der Waals surface area contributed by atoms with E-state index in [1.54, 1.807) is 45.0 Å². The van der Waals surface area contributed by atoms with Gasteiger partial charge < -0.3 is 25.8 Å². The van der Waals surface area contributed by atoms with Crippen LogP contribution in [0.2, 0.25) is 0 Å². The van der Waals surface area contributed by atoms with Crippen molar-refractivity contribution in [2.24, 2.45) is 0 Å². The Hall–Kier alpha value is -3.91. The van der Waals surface area contributed by atoms with Crippen LogP contribution in [0.4, 0.5) is 10.5 Å². The second-order valence-corrected chi connectivity index (χ2v) is 9.03. The number of benzene rings is 1. The number of nitriles is 1. The molecule has 0 radical (unpaired) electrons. The molecule has 1 aromatic carbocycles. The maximum Gasteiger partial charge on any atom is 0.408 e. The lowest BCUT2D eigenvalue weighted by molar-refractivity contribution is -0.139. The van der Waals surface area contributed by atoms with Crippen LogP contribution in [0, 0.1) is 11.3 Å². The van der Waals surface area contributed by atoms with Gasteiger partial charge in [0.2, 0.25) is 5.91 Å². The van der Waals surface area contributed by atoms with Crippen molar-refractivity contribution in [3.05, 3.63) is 51.7 Å². The Morgan fingerprint density at radius 2 is 1.79 bits per heavy atom. The molecular formula is C22H24N4O6S. The van der Waals surface area contributed by atoms with Crippen LogP contribution in [-0.2, 0) is 20.7 Å². The topological polar surface area (TPSA) is 158 Å². The molecular weight excluding hydrogens is 448 g/mol. The van der Waals surface area contributed by atoms with Crippen LogP contribution in [0.5, 0.6) is 0 Å². The van der Waals surface area contributed by atoms with Gasteiger partial charge in [-0.2, -0.15) is 5.26 Å². The summed E-state index contributed by atoms with van der Waals surface area (Å²) in [6.07, 6.45) is -0.808. The fourth-order valence-corrected chi connectivity index (χ4v) is 3.30. The first-order valence-corrected chi connectivity index (χ1v) is 10.7. The molecule has 1 aromatic heterocycles. The minimum Gasteiger partial charge on any atom is -0.480 e. The Morgan fingerprint density at radius 3 is 2.33 bits per heavy atom. The molecule has 0 bridgehead atoms. The number of nitrogens with one attached hydrogen (secondary N) is 3. The first-order valence-electron chi connectivity index (χ1n) is 9.86. The minimum atomic E-state index is -1.21. The van der Waals surface area contributed by atoms with Crippen molar-refractivity contribution in [3.8, 4) is 6.07 Å².